The molecule has 0 aromatic rings. The summed E-state index contributed by atoms with van der Waals surface area (Å²) in [4.78, 5) is 22.5. The van der Waals surface area contributed by atoms with E-state index in [-0.39, 0.29) is 0 Å². The third-order valence-corrected chi connectivity index (χ3v) is 3.11. The Morgan fingerprint density at radius 1 is 1.42 bits per heavy atom. The van der Waals surface area contributed by atoms with Crippen molar-refractivity contribution in [2.45, 2.75) is 45.8 Å². The molecular weight excluding hydrogens is 266 g/mol. The SMILES string of the molecule is C=C(C)CSCCC(NC(=O)OC(C)(C)C)C(=O)O. The molecule has 19 heavy (non-hydrogen) atoms. The maximum Gasteiger partial charge on any atom is 0.408 e. The number of rotatable bonds is 7. The first-order valence-electron chi connectivity index (χ1n) is 6.06. The maximum absolute atomic E-state index is 11.5. The van der Waals surface area contributed by atoms with Crippen LogP contribution in [0.1, 0.15) is 34.1 Å². The monoisotopic (exact) mass is 289 g/mol. The highest BCUT2D eigenvalue weighted by Crippen LogP contribution is 2.10. The summed E-state index contributed by atoms with van der Waals surface area (Å²) in [7, 11) is 0. The number of nitrogens with one attached hydrogen (secondary N) is 1. The van der Waals surface area contributed by atoms with E-state index in [9.17, 15) is 9.59 Å². The Morgan fingerprint density at radius 3 is 2.42 bits per heavy atom. The van der Waals surface area contributed by atoms with Crippen molar-refractivity contribution < 1.29 is 19.4 Å². The molecule has 0 aliphatic heterocycles. The molecule has 2 N–H and O–H groups in total. The van der Waals surface area contributed by atoms with Gasteiger partial charge >= 0.3 is 12.1 Å². The van der Waals surface area contributed by atoms with Crippen molar-refractivity contribution in [2.75, 3.05) is 11.5 Å². The molecule has 1 unspecified atom stereocenters. The van der Waals surface area contributed by atoms with Crippen molar-refractivity contribution in [3.05, 3.63) is 12.2 Å². The van der Waals surface area contributed by atoms with Crippen molar-refractivity contribution in [2.24, 2.45) is 0 Å². The molecule has 0 aliphatic rings. The minimum absolute atomic E-state index is 0.354. The van der Waals surface area contributed by atoms with Gasteiger partial charge in [0.25, 0.3) is 0 Å². The van der Waals surface area contributed by atoms with E-state index in [0.717, 1.165) is 11.3 Å². The molecular formula is C13H23NO4S. The zero-order valence-electron chi connectivity index (χ0n) is 12.0. The first-order chi connectivity index (χ1) is 8.61. The molecule has 1 amide bonds. The van der Waals surface area contributed by atoms with Crippen LogP contribution >= 0.6 is 11.8 Å². The fourth-order valence-electron chi connectivity index (χ4n) is 1.15. The lowest BCUT2D eigenvalue weighted by Crippen LogP contribution is -2.43. The molecule has 0 rings (SSSR count). The summed E-state index contributed by atoms with van der Waals surface area (Å²) in [6.45, 7) is 10.9. The van der Waals surface area contributed by atoms with E-state index < -0.39 is 23.7 Å². The number of hydrogen-bond acceptors (Lipinski definition) is 4. The molecule has 0 aliphatic carbocycles. The zero-order chi connectivity index (χ0) is 15.1. The lowest BCUT2D eigenvalue weighted by molar-refractivity contribution is -0.139. The van der Waals surface area contributed by atoms with Gasteiger partial charge in [-0.05, 0) is 39.9 Å². The second kappa shape index (κ2) is 8.09. The molecule has 0 bridgehead atoms. The minimum atomic E-state index is -1.05. The highest BCUT2D eigenvalue weighted by molar-refractivity contribution is 7.99. The first kappa shape index (κ1) is 17.8. The summed E-state index contributed by atoms with van der Waals surface area (Å²) in [5.41, 5.74) is 0.402. The van der Waals surface area contributed by atoms with Crippen molar-refractivity contribution in [3.63, 3.8) is 0 Å². The van der Waals surface area contributed by atoms with Crippen LogP contribution in [0.3, 0.4) is 0 Å². The van der Waals surface area contributed by atoms with Gasteiger partial charge in [0, 0.05) is 5.75 Å². The molecule has 0 saturated heterocycles. The normalized spacial score (nSPS) is 12.6. The van der Waals surface area contributed by atoms with Crippen molar-refractivity contribution >= 4 is 23.8 Å². The van der Waals surface area contributed by atoms with Gasteiger partial charge in [0.2, 0.25) is 0 Å². The van der Waals surface area contributed by atoms with Gasteiger partial charge in [-0.25, -0.2) is 9.59 Å². The Bertz CT molecular complexity index is 336. The predicted octanol–water partition coefficient (Wildman–Crippen LogP) is 2.66. The van der Waals surface area contributed by atoms with Crippen molar-refractivity contribution in [1.82, 2.24) is 5.32 Å². The van der Waals surface area contributed by atoms with Crippen LogP contribution in [0.15, 0.2) is 12.2 Å². The quantitative estimate of drug-likeness (QED) is 0.556. The number of carboxylic acids is 1. The van der Waals surface area contributed by atoms with E-state index in [1.807, 2.05) is 6.92 Å². The molecule has 110 valence electrons. The van der Waals surface area contributed by atoms with E-state index in [0.29, 0.717) is 12.2 Å². The first-order valence-corrected chi connectivity index (χ1v) is 7.21. The fourth-order valence-corrected chi connectivity index (χ4v) is 2.05. The summed E-state index contributed by atoms with van der Waals surface area (Å²) >= 11 is 1.59. The third-order valence-electron chi connectivity index (χ3n) is 1.89. The smallest absolute Gasteiger partial charge is 0.408 e. The van der Waals surface area contributed by atoms with Gasteiger partial charge in [-0.15, -0.1) is 0 Å². The lowest BCUT2D eigenvalue weighted by atomic mass is 10.2. The van der Waals surface area contributed by atoms with E-state index in [2.05, 4.69) is 11.9 Å². The fraction of sp³-hybridized carbons (Fsp3) is 0.692. The number of aliphatic carboxylic acids is 1. The van der Waals surface area contributed by atoms with Crippen LogP contribution < -0.4 is 5.32 Å². The third kappa shape index (κ3) is 10.4. The number of carbonyl (C=O) groups is 2. The average molecular weight is 289 g/mol. The molecule has 0 fully saturated rings. The molecule has 0 saturated carbocycles. The Hall–Kier alpha value is -1.17. The molecule has 6 heteroatoms. The molecule has 0 spiro atoms. The van der Waals surface area contributed by atoms with Gasteiger partial charge in [-0.2, -0.15) is 11.8 Å². The summed E-state index contributed by atoms with van der Waals surface area (Å²) in [5, 5.41) is 11.4. The second-order valence-corrected chi connectivity index (χ2v) is 6.44. The van der Waals surface area contributed by atoms with E-state index in [1.54, 1.807) is 32.5 Å². The van der Waals surface area contributed by atoms with E-state index >= 15 is 0 Å². The number of carbonyl (C=O) groups excluding carboxylic acids is 1. The van der Waals surface area contributed by atoms with Crippen LogP contribution in [-0.2, 0) is 9.53 Å². The van der Waals surface area contributed by atoms with E-state index in [4.69, 9.17) is 9.84 Å². The van der Waals surface area contributed by atoms with Gasteiger partial charge in [0.15, 0.2) is 0 Å². The molecule has 0 aromatic heterocycles. The molecule has 1 atom stereocenters. The average Bonchev–Trinajstić information content (AvgIpc) is 2.19. The Morgan fingerprint density at radius 2 is 2.00 bits per heavy atom. The summed E-state index contributed by atoms with van der Waals surface area (Å²) in [5.74, 6) is 0.375. The van der Waals surface area contributed by atoms with Crippen molar-refractivity contribution in [1.29, 1.82) is 0 Å². The second-order valence-electron chi connectivity index (χ2n) is 5.34. The number of hydrogen-bond donors (Lipinski definition) is 2. The molecule has 0 radical (unpaired) electrons. The zero-order valence-corrected chi connectivity index (χ0v) is 12.8. The van der Waals surface area contributed by atoms with E-state index in [1.165, 1.54) is 0 Å². The van der Waals surface area contributed by atoms with Gasteiger partial charge in [-0.3, -0.25) is 0 Å². The van der Waals surface area contributed by atoms with Gasteiger partial charge in [0.05, 0.1) is 0 Å². The highest BCUT2D eigenvalue weighted by atomic mass is 32.2. The van der Waals surface area contributed by atoms with Crippen LogP contribution in [0.2, 0.25) is 0 Å². The number of alkyl carbamates (subject to hydrolysis) is 1. The lowest BCUT2D eigenvalue weighted by Gasteiger charge is -2.21. The summed E-state index contributed by atoms with van der Waals surface area (Å²) < 4.78 is 5.03. The standard InChI is InChI=1S/C13H23NO4S/c1-9(2)8-19-7-6-10(11(15)16)14-12(17)18-13(3,4)5/h10H,1,6-8H2,2-5H3,(H,14,17)(H,15,16). The number of thioether (sulfide) groups is 1. The molecule has 0 heterocycles. The summed E-state index contributed by atoms with van der Waals surface area (Å²) in [6.07, 6.45) is -0.350. The van der Waals surface area contributed by atoms with Crippen molar-refractivity contribution in [3.8, 4) is 0 Å². The summed E-state index contributed by atoms with van der Waals surface area (Å²) in [6, 6.07) is -0.924. The maximum atomic E-state index is 11.5. The van der Waals surface area contributed by atoms with Gasteiger partial charge in [-0.1, -0.05) is 12.2 Å². The van der Waals surface area contributed by atoms with Crippen LogP contribution in [-0.4, -0.2) is 40.3 Å². The number of ether oxygens (including phenoxy) is 1. The Balaban J connectivity index is 4.16. The Kier molecular flexibility index (Phi) is 7.59. The largest absolute Gasteiger partial charge is 0.480 e. The molecule has 0 aromatic carbocycles. The van der Waals surface area contributed by atoms with Crippen LogP contribution in [0.25, 0.3) is 0 Å². The number of amides is 1. The highest BCUT2D eigenvalue weighted by Gasteiger charge is 2.23. The van der Waals surface area contributed by atoms with Crippen LogP contribution in [0.5, 0.6) is 0 Å². The topological polar surface area (TPSA) is 75.6 Å². The molecule has 5 nitrogen and oxygen atoms in total. The predicted molar refractivity (Wildman–Crippen MR) is 77.5 cm³/mol. The van der Waals surface area contributed by atoms with Crippen LogP contribution in [0, 0.1) is 0 Å². The van der Waals surface area contributed by atoms with Gasteiger partial charge < -0.3 is 15.2 Å². The minimum Gasteiger partial charge on any atom is -0.480 e. The van der Waals surface area contributed by atoms with Gasteiger partial charge in [0.1, 0.15) is 11.6 Å². The Labute approximate surface area is 118 Å². The van der Waals surface area contributed by atoms with Crippen LogP contribution in [0.4, 0.5) is 4.79 Å². The number of carboxylic acid groups (broad SMARTS) is 1.